The van der Waals surface area contributed by atoms with E-state index in [9.17, 15) is 30.1 Å². The highest BCUT2D eigenvalue weighted by Gasteiger charge is 2.15. The molecule has 2 N–H and O–H groups in total. The molecule has 0 aliphatic rings. The first-order chi connectivity index (χ1) is 12.4. The summed E-state index contributed by atoms with van der Waals surface area (Å²) in [5, 5.41) is 34.6. The molecule has 2 aromatic carbocycles. The first-order valence-corrected chi connectivity index (χ1v) is 7.04. The van der Waals surface area contributed by atoms with Gasteiger partial charge in [0.15, 0.2) is 12.4 Å². The number of carbonyl (C=O) groups excluding carboxylic acids is 1. The molecule has 0 fully saturated rings. The fourth-order valence-electron chi connectivity index (χ4n) is 1.89. The zero-order valence-electron chi connectivity index (χ0n) is 13.1. The predicted octanol–water partition coefficient (Wildman–Crippen LogP) is 1.74. The molecule has 0 aromatic heterocycles. The summed E-state index contributed by atoms with van der Waals surface area (Å²) in [4.78, 5) is 32.1. The molecule has 26 heavy (non-hydrogen) atoms. The van der Waals surface area contributed by atoms with Gasteiger partial charge in [-0.25, -0.2) is 5.43 Å². The Hall–Kier alpha value is -4.02. The number of phenolic OH excluding ortho intramolecular Hbond substituents is 1. The molecule has 1 amide bonds. The number of hydrogen-bond donors (Lipinski definition) is 2. The molecule has 134 valence electrons. The van der Waals surface area contributed by atoms with Crippen LogP contribution in [-0.4, -0.2) is 33.7 Å². The maximum absolute atomic E-state index is 11.7. The third-order valence-corrected chi connectivity index (χ3v) is 3.02. The average molecular weight is 360 g/mol. The van der Waals surface area contributed by atoms with Crippen molar-refractivity contribution in [2.45, 2.75) is 0 Å². The molecule has 0 saturated heterocycles. The van der Waals surface area contributed by atoms with Crippen molar-refractivity contribution < 1.29 is 24.5 Å². The molecule has 0 bridgehead atoms. The number of nitro benzene ring substituents is 2. The normalized spacial score (nSPS) is 10.5. The van der Waals surface area contributed by atoms with Crippen LogP contribution in [0.15, 0.2) is 47.6 Å². The first-order valence-electron chi connectivity index (χ1n) is 7.04. The summed E-state index contributed by atoms with van der Waals surface area (Å²) < 4.78 is 5.07. The van der Waals surface area contributed by atoms with Gasteiger partial charge in [0.05, 0.1) is 21.6 Å². The van der Waals surface area contributed by atoms with Gasteiger partial charge in [-0.05, 0) is 18.2 Å². The summed E-state index contributed by atoms with van der Waals surface area (Å²) in [6.45, 7) is -0.551. The van der Waals surface area contributed by atoms with Gasteiger partial charge in [-0.1, -0.05) is 12.1 Å². The Morgan fingerprint density at radius 2 is 1.85 bits per heavy atom. The second-order valence-electron chi connectivity index (χ2n) is 4.81. The van der Waals surface area contributed by atoms with Crippen LogP contribution in [-0.2, 0) is 4.79 Å². The number of hydrogen-bond acceptors (Lipinski definition) is 8. The monoisotopic (exact) mass is 360 g/mol. The SMILES string of the molecule is O=C(COc1ccccc1[N+](=O)[O-])N/N=C/c1cc(O)ccc1[N+](=O)[O-]. The fraction of sp³-hybridized carbons (Fsp3) is 0.0667. The lowest BCUT2D eigenvalue weighted by atomic mass is 10.2. The number of carbonyl (C=O) groups is 1. The van der Waals surface area contributed by atoms with Crippen LogP contribution in [0.1, 0.15) is 5.56 Å². The molecular weight excluding hydrogens is 348 g/mol. The van der Waals surface area contributed by atoms with E-state index in [-0.39, 0.29) is 28.4 Å². The topological polar surface area (TPSA) is 157 Å². The average Bonchev–Trinajstić information content (AvgIpc) is 2.60. The maximum Gasteiger partial charge on any atom is 0.310 e. The van der Waals surface area contributed by atoms with Gasteiger partial charge < -0.3 is 9.84 Å². The zero-order chi connectivity index (χ0) is 19.1. The van der Waals surface area contributed by atoms with Crippen LogP contribution >= 0.6 is 0 Å². The highest BCUT2D eigenvalue weighted by Crippen LogP contribution is 2.25. The number of hydrazone groups is 1. The summed E-state index contributed by atoms with van der Waals surface area (Å²) in [6, 6.07) is 8.89. The smallest absolute Gasteiger partial charge is 0.310 e. The van der Waals surface area contributed by atoms with E-state index in [0.717, 1.165) is 24.4 Å². The lowest BCUT2D eigenvalue weighted by Gasteiger charge is -2.05. The van der Waals surface area contributed by atoms with Crippen LogP contribution < -0.4 is 10.2 Å². The number of benzene rings is 2. The molecule has 2 aromatic rings. The summed E-state index contributed by atoms with van der Waals surface area (Å²) in [5.41, 5.74) is 1.45. The number of amides is 1. The molecule has 0 spiro atoms. The lowest BCUT2D eigenvalue weighted by Crippen LogP contribution is -2.24. The van der Waals surface area contributed by atoms with Gasteiger partial charge in [0.25, 0.3) is 11.6 Å². The number of rotatable bonds is 7. The number of nitro groups is 2. The number of nitrogens with zero attached hydrogens (tertiary/aromatic N) is 3. The third kappa shape index (κ3) is 4.74. The van der Waals surface area contributed by atoms with Crippen molar-refractivity contribution in [3.63, 3.8) is 0 Å². The van der Waals surface area contributed by atoms with Gasteiger partial charge in [0, 0.05) is 12.1 Å². The second-order valence-corrected chi connectivity index (χ2v) is 4.81. The number of ether oxygens (including phenoxy) is 1. The number of nitrogens with one attached hydrogen (secondary N) is 1. The third-order valence-electron chi connectivity index (χ3n) is 3.02. The molecule has 0 aliphatic carbocycles. The minimum absolute atomic E-state index is 0.0186. The number of aromatic hydroxyl groups is 1. The zero-order valence-corrected chi connectivity index (χ0v) is 13.1. The van der Waals surface area contributed by atoms with Crippen LogP contribution in [0.4, 0.5) is 11.4 Å². The lowest BCUT2D eigenvalue weighted by molar-refractivity contribution is -0.385. The van der Waals surface area contributed by atoms with Crippen molar-refractivity contribution in [2.24, 2.45) is 5.10 Å². The number of para-hydroxylation sites is 2. The van der Waals surface area contributed by atoms with Crippen molar-refractivity contribution >= 4 is 23.5 Å². The molecule has 0 radical (unpaired) electrons. The van der Waals surface area contributed by atoms with Crippen LogP contribution in [0.2, 0.25) is 0 Å². The summed E-state index contributed by atoms with van der Waals surface area (Å²) >= 11 is 0. The van der Waals surface area contributed by atoms with Crippen molar-refractivity contribution in [3.8, 4) is 11.5 Å². The summed E-state index contributed by atoms with van der Waals surface area (Å²) in [6.07, 6.45) is 0.987. The second kappa shape index (κ2) is 8.19. The van der Waals surface area contributed by atoms with Gasteiger partial charge in [-0.3, -0.25) is 25.0 Å². The Kier molecular flexibility index (Phi) is 5.77. The van der Waals surface area contributed by atoms with E-state index < -0.39 is 22.4 Å². The van der Waals surface area contributed by atoms with Crippen LogP contribution in [0.3, 0.4) is 0 Å². The van der Waals surface area contributed by atoms with Crippen molar-refractivity contribution in [1.82, 2.24) is 5.43 Å². The van der Waals surface area contributed by atoms with Gasteiger partial charge in [-0.15, -0.1) is 0 Å². The van der Waals surface area contributed by atoms with E-state index in [1.807, 2.05) is 0 Å². The van der Waals surface area contributed by atoms with Crippen LogP contribution in [0.25, 0.3) is 0 Å². The summed E-state index contributed by atoms with van der Waals surface area (Å²) in [7, 11) is 0. The van der Waals surface area contributed by atoms with E-state index >= 15 is 0 Å². The molecule has 2 rings (SSSR count). The molecule has 0 aliphatic heterocycles. The Morgan fingerprint density at radius 1 is 1.15 bits per heavy atom. The highest BCUT2D eigenvalue weighted by molar-refractivity contribution is 5.87. The Labute approximate surface area is 145 Å². The van der Waals surface area contributed by atoms with Gasteiger partial charge >= 0.3 is 5.69 Å². The first kappa shape index (κ1) is 18.3. The van der Waals surface area contributed by atoms with Crippen LogP contribution in [0, 0.1) is 20.2 Å². The van der Waals surface area contributed by atoms with E-state index in [2.05, 4.69) is 10.5 Å². The Balaban J connectivity index is 1.98. The summed E-state index contributed by atoms with van der Waals surface area (Å²) in [5.74, 6) is -1.02. The van der Waals surface area contributed by atoms with Gasteiger partial charge in [0.2, 0.25) is 0 Å². The molecule has 0 saturated carbocycles. The fourth-order valence-corrected chi connectivity index (χ4v) is 1.89. The number of phenols is 1. The molecule has 0 unspecified atom stereocenters. The largest absolute Gasteiger partial charge is 0.508 e. The quantitative estimate of drug-likeness (QED) is 0.432. The van der Waals surface area contributed by atoms with Crippen molar-refractivity contribution in [3.05, 3.63) is 68.3 Å². The Bertz CT molecular complexity index is 882. The molecule has 0 atom stereocenters. The van der Waals surface area contributed by atoms with Gasteiger partial charge in [-0.2, -0.15) is 5.10 Å². The van der Waals surface area contributed by atoms with Crippen LogP contribution in [0.5, 0.6) is 11.5 Å². The molecular formula is C15H12N4O7. The van der Waals surface area contributed by atoms with E-state index in [1.165, 1.54) is 24.3 Å². The Morgan fingerprint density at radius 3 is 2.54 bits per heavy atom. The van der Waals surface area contributed by atoms with Gasteiger partial charge in [0.1, 0.15) is 5.75 Å². The van der Waals surface area contributed by atoms with E-state index in [1.54, 1.807) is 0 Å². The van der Waals surface area contributed by atoms with Crippen molar-refractivity contribution in [1.29, 1.82) is 0 Å². The highest BCUT2D eigenvalue weighted by atomic mass is 16.6. The standard InChI is InChI=1S/C15H12N4O7/c20-11-5-6-12(18(22)23)10(7-11)8-16-17-15(21)9-26-14-4-2-1-3-13(14)19(24)25/h1-8,20H,9H2,(H,17,21)/b16-8+. The van der Waals surface area contributed by atoms with E-state index in [4.69, 9.17) is 4.74 Å². The van der Waals surface area contributed by atoms with Crippen molar-refractivity contribution in [2.75, 3.05) is 6.61 Å². The minimum atomic E-state index is -0.734. The molecule has 0 heterocycles. The molecule has 11 heteroatoms. The minimum Gasteiger partial charge on any atom is -0.508 e. The van der Waals surface area contributed by atoms with E-state index in [0.29, 0.717) is 0 Å². The maximum atomic E-state index is 11.7. The predicted molar refractivity (Wildman–Crippen MR) is 89.1 cm³/mol. The molecule has 11 nitrogen and oxygen atoms in total.